The van der Waals surface area contributed by atoms with Crippen LogP contribution in [0, 0.1) is 0 Å². The zero-order chi connectivity index (χ0) is 25.2. The minimum atomic E-state index is -1.26. The van der Waals surface area contributed by atoms with Crippen molar-refractivity contribution in [2.24, 2.45) is 0 Å². The van der Waals surface area contributed by atoms with Gasteiger partial charge in [0.25, 0.3) is 0 Å². The van der Waals surface area contributed by atoms with Gasteiger partial charge in [0.2, 0.25) is 11.4 Å². The van der Waals surface area contributed by atoms with Crippen molar-refractivity contribution in [2.45, 2.75) is 13.5 Å². The standard InChI is InChI=1S/C24H24N8O3S/c1-2-29-15-19(22(34)35)20(33)18-14-25-23(28-21(18)29)30-10-12-31(13-11-30)24(36)27-16-4-6-17(7-5-16)32-9-3-8-26-32/h3-9,14-15H,2,10-13H2,1H3,(H,27,36)(H,34,35). The van der Waals surface area contributed by atoms with E-state index in [-0.39, 0.29) is 10.9 Å². The minimum Gasteiger partial charge on any atom is -0.477 e. The van der Waals surface area contributed by atoms with Gasteiger partial charge in [0, 0.05) is 63.2 Å². The van der Waals surface area contributed by atoms with Gasteiger partial charge in [-0.3, -0.25) is 4.79 Å². The van der Waals surface area contributed by atoms with Gasteiger partial charge in [-0.15, -0.1) is 0 Å². The first-order chi connectivity index (χ1) is 17.4. The van der Waals surface area contributed by atoms with E-state index in [4.69, 9.17) is 12.2 Å². The number of aryl methyl sites for hydroxylation is 1. The lowest BCUT2D eigenvalue weighted by Gasteiger charge is -2.36. The van der Waals surface area contributed by atoms with Gasteiger partial charge < -0.3 is 24.8 Å². The molecule has 1 fully saturated rings. The van der Waals surface area contributed by atoms with Crippen LogP contribution < -0.4 is 15.6 Å². The molecule has 0 saturated carbocycles. The van der Waals surface area contributed by atoms with Crippen LogP contribution >= 0.6 is 12.2 Å². The first-order valence-electron chi connectivity index (χ1n) is 11.5. The monoisotopic (exact) mass is 504 g/mol. The van der Waals surface area contributed by atoms with Gasteiger partial charge in [-0.25, -0.2) is 14.5 Å². The molecule has 0 aliphatic carbocycles. The topological polar surface area (TPSA) is 121 Å². The largest absolute Gasteiger partial charge is 0.477 e. The number of carboxylic acids is 1. The zero-order valence-electron chi connectivity index (χ0n) is 19.5. The summed E-state index contributed by atoms with van der Waals surface area (Å²) in [5.41, 5.74) is 1.43. The highest BCUT2D eigenvalue weighted by Gasteiger charge is 2.22. The van der Waals surface area contributed by atoms with Gasteiger partial charge >= 0.3 is 5.97 Å². The summed E-state index contributed by atoms with van der Waals surface area (Å²) in [6.45, 7) is 5.00. The molecule has 12 heteroatoms. The number of fused-ring (bicyclic) bond motifs is 1. The highest BCUT2D eigenvalue weighted by Crippen LogP contribution is 2.18. The van der Waals surface area contributed by atoms with Crippen molar-refractivity contribution in [2.75, 3.05) is 36.4 Å². The van der Waals surface area contributed by atoms with Crippen LogP contribution in [-0.2, 0) is 6.54 Å². The lowest BCUT2D eigenvalue weighted by molar-refractivity contribution is 0.0695. The molecule has 5 rings (SSSR count). The Morgan fingerprint density at radius 3 is 2.56 bits per heavy atom. The van der Waals surface area contributed by atoms with E-state index in [2.05, 4.69) is 25.3 Å². The molecule has 0 atom stereocenters. The van der Waals surface area contributed by atoms with Gasteiger partial charge in [-0.1, -0.05) is 0 Å². The van der Waals surface area contributed by atoms with Gasteiger partial charge in [0.15, 0.2) is 5.11 Å². The van der Waals surface area contributed by atoms with E-state index >= 15 is 0 Å². The number of thiocarbonyl (C=S) groups is 1. The summed E-state index contributed by atoms with van der Waals surface area (Å²) in [5.74, 6) is -0.761. The van der Waals surface area contributed by atoms with Crippen molar-refractivity contribution in [3.8, 4) is 5.69 Å². The maximum Gasteiger partial charge on any atom is 0.341 e. The number of hydrogen-bond donors (Lipinski definition) is 2. The summed E-state index contributed by atoms with van der Waals surface area (Å²) < 4.78 is 3.46. The molecule has 36 heavy (non-hydrogen) atoms. The number of carbonyl (C=O) groups is 1. The summed E-state index contributed by atoms with van der Waals surface area (Å²) in [6.07, 6.45) is 6.39. The van der Waals surface area contributed by atoms with Gasteiger partial charge in [-0.2, -0.15) is 10.1 Å². The predicted octanol–water partition coefficient (Wildman–Crippen LogP) is 2.21. The lowest BCUT2D eigenvalue weighted by atomic mass is 10.2. The quantitative estimate of drug-likeness (QED) is 0.391. The fraction of sp³-hybridized carbons (Fsp3) is 0.250. The van der Waals surface area contributed by atoms with Crippen LogP contribution in [0.4, 0.5) is 11.6 Å². The van der Waals surface area contributed by atoms with Crippen LogP contribution in [0.1, 0.15) is 17.3 Å². The normalized spacial score (nSPS) is 13.7. The molecule has 0 bridgehead atoms. The average molecular weight is 505 g/mol. The molecule has 11 nitrogen and oxygen atoms in total. The van der Waals surface area contributed by atoms with Crippen molar-refractivity contribution in [1.82, 2.24) is 29.2 Å². The number of nitrogens with zero attached hydrogens (tertiary/aromatic N) is 7. The highest BCUT2D eigenvalue weighted by atomic mass is 32.1. The Labute approximate surface area is 211 Å². The minimum absolute atomic E-state index is 0.197. The molecule has 0 amide bonds. The third-order valence-corrected chi connectivity index (χ3v) is 6.47. The van der Waals surface area contributed by atoms with Crippen molar-refractivity contribution in [1.29, 1.82) is 0 Å². The second-order valence-corrected chi connectivity index (χ2v) is 8.66. The fourth-order valence-corrected chi connectivity index (χ4v) is 4.44. The second kappa shape index (κ2) is 9.74. The zero-order valence-corrected chi connectivity index (χ0v) is 20.4. The Hall–Kier alpha value is -4.32. The first kappa shape index (κ1) is 23.4. The van der Waals surface area contributed by atoms with Crippen molar-refractivity contribution in [3.63, 3.8) is 0 Å². The number of aromatic carboxylic acids is 1. The molecule has 184 valence electrons. The molecule has 3 aromatic heterocycles. The number of anilines is 2. The smallest absolute Gasteiger partial charge is 0.341 e. The lowest BCUT2D eigenvalue weighted by Crippen LogP contribution is -2.50. The van der Waals surface area contributed by atoms with Crippen LogP contribution in [0.5, 0.6) is 0 Å². The molecule has 4 aromatic rings. The summed E-state index contributed by atoms with van der Waals surface area (Å²) in [4.78, 5) is 37.1. The second-order valence-electron chi connectivity index (χ2n) is 8.27. The fourth-order valence-electron chi connectivity index (χ4n) is 4.14. The van der Waals surface area contributed by atoms with E-state index < -0.39 is 11.4 Å². The maximum absolute atomic E-state index is 12.6. The van der Waals surface area contributed by atoms with Gasteiger partial charge in [0.1, 0.15) is 11.2 Å². The third-order valence-electron chi connectivity index (χ3n) is 6.11. The van der Waals surface area contributed by atoms with Crippen LogP contribution in [-0.4, -0.2) is 71.6 Å². The van der Waals surface area contributed by atoms with E-state index in [1.54, 1.807) is 15.4 Å². The molecule has 0 spiro atoms. The Kier molecular flexibility index (Phi) is 6.34. The van der Waals surface area contributed by atoms with Crippen molar-refractivity contribution < 1.29 is 9.90 Å². The van der Waals surface area contributed by atoms with E-state index in [0.717, 1.165) is 11.4 Å². The Bertz CT molecular complexity index is 1480. The van der Waals surface area contributed by atoms with Gasteiger partial charge in [0.05, 0.1) is 11.1 Å². The molecule has 1 aliphatic heterocycles. The summed E-state index contributed by atoms with van der Waals surface area (Å²) >= 11 is 5.63. The van der Waals surface area contributed by atoms with E-state index in [9.17, 15) is 14.7 Å². The number of aromatic nitrogens is 5. The molecule has 1 aromatic carbocycles. The molecule has 1 saturated heterocycles. The number of piperazine rings is 1. The first-order valence-corrected chi connectivity index (χ1v) is 11.9. The number of benzene rings is 1. The molecule has 1 aliphatic rings. The van der Waals surface area contributed by atoms with Crippen LogP contribution in [0.15, 0.2) is 59.9 Å². The number of rotatable bonds is 5. The molecular formula is C24H24N8O3S. The maximum atomic E-state index is 12.6. The SMILES string of the molecule is CCn1cc(C(=O)O)c(=O)c2cnc(N3CCN(C(=S)Nc4ccc(-n5cccn5)cc4)CC3)nc21. The van der Waals surface area contributed by atoms with Gasteiger partial charge in [-0.05, 0) is 49.5 Å². The average Bonchev–Trinajstić information content (AvgIpc) is 3.44. The van der Waals surface area contributed by atoms with Crippen LogP contribution in [0.2, 0.25) is 0 Å². The van der Waals surface area contributed by atoms with Crippen molar-refractivity contribution >= 4 is 46.0 Å². The molecular weight excluding hydrogens is 480 g/mol. The summed E-state index contributed by atoms with van der Waals surface area (Å²) in [6, 6.07) is 9.75. The summed E-state index contributed by atoms with van der Waals surface area (Å²) in [5, 5.41) is 17.7. The Balaban J connectivity index is 1.25. The molecule has 0 radical (unpaired) electrons. The van der Waals surface area contributed by atoms with Crippen molar-refractivity contribution in [3.05, 3.63) is 70.9 Å². The number of pyridine rings is 1. The number of nitrogens with one attached hydrogen (secondary N) is 1. The number of carboxylic acid groups (broad SMARTS) is 1. The number of hydrogen-bond acceptors (Lipinski definition) is 7. The third kappa shape index (κ3) is 4.50. The van der Waals surface area contributed by atoms with E-state index in [1.807, 2.05) is 48.4 Å². The molecule has 0 unspecified atom stereocenters. The van der Waals surface area contributed by atoms with E-state index in [0.29, 0.717) is 49.4 Å². The Morgan fingerprint density at radius 1 is 1.17 bits per heavy atom. The Morgan fingerprint density at radius 2 is 1.92 bits per heavy atom. The predicted molar refractivity (Wildman–Crippen MR) is 140 cm³/mol. The van der Waals surface area contributed by atoms with Crippen LogP contribution in [0.25, 0.3) is 16.7 Å². The highest BCUT2D eigenvalue weighted by molar-refractivity contribution is 7.80. The molecule has 2 N–H and O–H groups in total. The van der Waals surface area contributed by atoms with Crippen LogP contribution in [0.3, 0.4) is 0 Å². The summed E-state index contributed by atoms with van der Waals surface area (Å²) in [7, 11) is 0. The van der Waals surface area contributed by atoms with E-state index in [1.165, 1.54) is 12.4 Å². The molecule has 4 heterocycles.